The highest BCUT2D eigenvalue weighted by Gasteiger charge is 2.43. The Balaban J connectivity index is 2.00. The average Bonchev–Trinajstić information content (AvgIpc) is 2.22. The van der Waals surface area contributed by atoms with Crippen molar-refractivity contribution in [2.24, 2.45) is 0 Å². The maximum absolute atomic E-state index is 10.3. The van der Waals surface area contributed by atoms with Crippen LogP contribution in [0.5, 0.6) is 0 Å². The molecule has 4 heteroatoms. The fourth-order valence-corrected chi connectivity index (χ4v) is 2.70. The van der Waals surface area contributed by atoms with Crippen LogP contribution in [0.4, 0.5) is 0 Å². The van der Waals surface area contributed by atoms with Gasteiger partial charge in [0.1, 0.15) is 0 Å². The average molecular weight is 275 g/mol. The first-order chi connectivity index (χ1) is 8.02. The summed E-state index contributed by atoms with van der Waals surface area (Å²) in [6.07, 6.45) is 2.06. The minimum Gasteiger partial charge on any atom is -0.389 e. The number of benzene rings is 1. The van der Waals surface area contributed by atoms with E-state index in [1.807, 2.05) is 13.0 Å². The first kappa shape index (κ1) is 13.2. The molecule has 0 saturated heterocycles. The van der Waals surface area contributed by atoms with Crippen molar-refractivity contribution in [2.45, 2.75) is 37.9 Å². The van der Waals surface area contributed by atoms with Gasteiger partial charge in [0.15, 0.2) is 0 Å². The van der Waals surface area contributed by atoms with Crippen LogP contribution in [0.2, 0.25) is 10.0 Å². The summed E-state index contributed by atoms with van der Waals surface area (Å²) in [4.78, 5) is 0. The van der Waals surface area contributed by atoms with E-state index in [4.69, 9.17) is 27.9 Å². The molecule has 0 unspecified atom stereocenters. The highest BCUT2D eigenvalue weighted by Crippen LogP contribution is 2.38. The number of ether oxygens (including phenoxy) is 1. The second kappa shape index (κ2) is 5.15. The normalized spacial score (nSPS) is 27.9. The monoisotopic (exact) mass is 274 g/mol. The Hall–Kier alpha value is -0.280. The molecule has 0 atom stereocenters. The molecule has 0 heterocycles. The number of hydrogen-bond donors (Lipinski definition) is 1. The Labute approximate surface area is 111 Å². The Morgan fingerprint density at radius 3 is 2.76 bits per heavy atom. The van der Waals surface area contributed by atoms with Gasteiger partial charge < -0.3 is 9.84 Å². The van der Waals surface area contributed by atoms with Crippen LogP contribution in [0.1, 0.15) is 25.3 Å². The van der Waals surface area contributed by atoms with Crippen LogP contribution in [0.3, 0.4) is 0 Å². The zero-order valence-corrected chi connectivity index (χ0v) is 11.3. The molecule has 0 spiro atoms. The molecular formula is C13H16Cl2O2. The van der Waals surface area contributed by atoms with Crippen molar-refractivity contribution in [1.29, 1.82) is 0 Å². The van der Waals surface area contributed by atoms with Gasteiger partial charge in [-0.05, 0) is 30.7 Å². The van der Waals surface area contributed by atoms with Crippen molar-refractivity contribution in [3.63, 3.8) is 0 Å². The maximum atomic E-state index is 10.3. The predicted octanol–water partition coefficient (Wildman–Crippen LogP) is 3.47. The lowest BCUT2D eigenvalue weighted by atomic mass is 9.73. The molecule has 1 aliphatic carbocycles. The predicted molar refractivity (Wildman–Crippen MR) is 69.8 cm³/mol. The third-order valence-corrected chi connectivity index (χ3v) is 3.75. The summed E-state index contributed by atoms with van der Waals surface area (Å²) >= 11 is 12.0. The molecule has 1 aromatic rings. The second-order valence-corrected chi connectivity index (χ2v) is 5.47. The molecule has 1 saturated carbocycles. The molecule has 0 bridgehead atoms. The van der Waals surface area contributed by atoms with Gasteiger partial charge in [0.05, 0.1) is 11.7 Å². The zero-order valence-electron chi connectivity index (χ0n) is 9.75. The zero-order chi connectivity index (χ0) is 12.5. The van der Waals surface area contributed by atoms with Crippen LogP contribution in [0.15, 0.2) is 18.2 Å². The Kier molecular flexibility index (Phi) is 3.99. The van der Waals surface area contributed by atoms with Gasteiger partial charge in [0, 0.05) is 35.9 Å². The third-order valence-electron chi connectivity index (χ3n) is 3.14. The molecule has 94 valence electrons. The van der Waals surface area contributed by atoms with Gasteiger partial charge in [-0.2, -0.15) is 0 Å². The molecule has 1 fully saturated rings. The summed E-state index contributed by atoms with van der Waals surface area (Å²) in [5, 5.41) is 11.6. The molecule has 1 aromatic carbocycles. The number of rotatable bonds is 4. The van der Waals surface area contributed by atoms with Crippen LogP contribution in [-0.4, -0.2) is 23.4 Å². The molecule has 2 nitrogen and oxygen atoms in total. The van der Waals surface area contributed by atoms with Gasteiger partial charge in [-0.3, -0.25) is 0 Å². The van der Waals surface area contributed by atoms with E-state index in [0.29, 0.717) is 35.9 Å². The van der Waals surface area contributed by atoms with E-state index in [1.54, 1.807) is 12.1 Å². The summed E-state index contributed by atoms with van der Waals surface area (Å²) in [6, 6.07) is 5.33. The fourth-order valence-electron chi connectivity index (χ4n) is 2.32. The first-order valence-electron chi connectivity index (χ1n) is 5.80. The lowest BCUT2D eigenvalue weighted by Gasteiger charge is -2.43. The lowest BCUT2D eigenvalue weighted by Crippen LogP contribution is -2.49. The van der Waals surface area contributed by atoms with E-state index in [9.17, 15) is 5.11 Å². The molecule has 0 aliphatic heterocycles. The van der Waals surface area contributed by atoms with Crippen molar-refractivity contribution in [2.75, 3.05) is 6.61 Å². The summed E-state index contributed by atoms with van der Waals surface area (Å²) < 4.78 is 5.45. The van der Waals surface area contributed by atoms with E-state index in [2.05, 4.69) is 0 Å². The second-order valence-electron chi connectivity index (χ2n) is 4.62. The molecule has 17 heavy (non-hydrogen) atoms. The number of aliphatic hydroxyl groups is 1. The SMILES string of the molecule is CCOC1CC(O)(Cc2cc(Cl)ccc2Cl)C1. The quantitative estimate of drug-likeness (QED) is 0.911. The van der Waals surface area contributed by atoms with Crippen LogP contribution >= 0.6 is 23.2 Å². The van der Waals surface area contributed by atoms with Gasteiger partial charge in [0.2, 0.25) is 0 Å². The van der Waals surface area contributed by atoms with Gasteiger partial charge in [-0.1, -0.05) is 23.2 Å². The smallest absolute Gasteiger partial charge is 0.0737 e. The minimum atomic E-state index is -0.686. The summed E-state index contributed by atoms with van der Waals surface area (Å²) in [6.45, 7) is 2.66. The molecule has 0 aromatic heterocycles. The van der Waals surface area contributed by atoms with Gasteiger partial charge >= 0.3 is 0 Å². The highest BCUT2D eigenvalue weighted by atomic mass is 35.5. The van der Waals surface area contributed by atoms with Crippen LogP contribution < -0.4 is 0 Å². The van der Waals surface area contributed by atoms with Gasteiger partial charge in [-0.15, -0.1) is 0 Å². The Morgan fingerprint density at radius 2 is 2.12 bits per heavy atom. The number of halogens is 2. The van der Waals surface area contributed by atoms with Crippen molar-refractivity contribution >= 4 is 23.2 Å². The largest absolute Gasteiger partial charge is 0.389 e. The fraction of sp³-hybridized carbons (Fsp3) is 0.538. The van der Waals surface area contributed by atoms with Gasteiger partial charge in [-0.25, -0.2) is 0 Å². The van der Waals surface area contributed by atoms with E-state index in [-0.39, 0.29) is 6.10 Å². The van der Waals surface area contributed by atoms with Crippen molar-refractivity contribution < 1.29 is 9.84 Å². The standard InChI is InChI=1S/C13H16Cl2O2/c1-2-17-11-7-13(16,8-11)6-9-5-10(14)3-4-12(9)15/h3-5,11,16H,2,6-8H2,1H3. The first-order valence-corrected chi connectivity index (χ1v) is 6.56. The van der Waals surface area contributed by atoms with Crippen molar-refractivity contribution in [1.82, 2.24) is 0 Å². The van der Waals surface area contributed by atoms with E-state index in [1.165, 1.54) is 0 Å². The summed E-state index contributed by atoms with van der Waals surface area (Å²) in [5.41, 5.74) is 0.213. The van der Waals surface area contributed by atoms with Crippen LogP contribution in [-0.2, 0) is 11.2 Å². The Morgan fingerprint density at radius 1 is 1.41 bits per heavy atom. The third kappa shape index (κ3) is 3.14. The van der Waals surface area contributed by atoms with E-state index < -0.39 is 5.60 Å². The molecule has 1 aliphatic rings. The molecular weight excluding hydrogens is 259 g/mol. The van der Waals surface area contributed by atoms with Crippen molar-refractivity contribution in [3.8, 4) is 0 Å². The summed E-state index contributed by atoms with van der Waals surface area (Å²) in [7, 11) is 0. The van der Waals surface area contributed by atoms with Gasteiger partial charge in [0.25, 0.3) is 0 Å². The molecule has 0 radical (unpaired) electrons. The van der Waals surface area contributed by atoms with Crippen LogP contribution in [0, 0.1) is 0 Å². The topological polar surface area (TPSA) is 29.5 Å². The van der Waals surface area contributed by atoms with E-state index in [0.717, 1.165) is 5.56 Å². The highest BCUT2D eigenvalue weighted by molar-refractivity contribution is 6.33. The van der Waals surface area contributed by atoms with Crippen LogP contribution in [0.25, 0.3) is 0 Å². The summed E-state index contributed by atoms with van der Waals surface area (Å²) in [5.74, 6) is 0. The molecule has 1 N–H and O–H groups in total. The van der Waals surface area contributed by atoms with E-state index >= 15 is 0 Å². The molecule has 0 amide bonds. The lowest BCUT2D eigenvalue weighted by molar-refractivity contribution is -0.136. The van der Waals surface area contributed by atoms with Crippen molar-refractivity contribution in [3.05, 3.63) is 33.8 Å². The minimum absolute atomic E-state index is 0.183. The molecule has 2 rings (SSSR count). The number of hydrogen-bond acceptors (Lipinski definition) is 2. The maximum Gasteiger partial charge on any atom is 0.0737 e. The Bertz CT molecular complexity index is 400.